The molecule has 0 saturated carbocycles. The number of nitrogens with zero attached hydrogens (tertiary/aromatic N) is 3. The van der Waals surface area contributed by atoms with E-state index >= 15 is 0 Å². The van der Waals surface area contributed by atoms with E-state index in [2.05, 4.69) is 5.10 Å². The lowest BCUT2D eigenvalue weighted by atomic mass is 10.1. The predicted molar refractivity (Wildman–Crippen MR) is 65.1 cm³/mol. The van der Waals surface area contributed by atoms with E-state index in [0.29, 0.717) is 12.3 Å². The minimum Gasteiger partial charge on any atom is -0.459 e. The number of furan rings is 1. The minimum atomic E-state index is -0.0307. The fourth-order valence-electron chi connectivity index (χ4n) is 2.41. The van der Waals surface area contributed by atoms with Gasteiger partial charge < -0.3 is 9.32 Å². The molecule has 5 heteroatoms. The molecule has 1 amide bonds. The zero-order valence-corrected chi connectivity index (χ0v) is 10.0. The average molecular weight is 245 g/mol. The van der Waals surface area contributed by atoms with Crippen molar-refractivity contribution < 1.29 is 9.21 Å². The van der Waals surface area contributed by atoms with Crippen molar-refractivity contribution >= 4 is 5.91 Å². The van der Waals surface area contributed by atoms with E-state index in [1.54, 1.807) is 18.3 Å². The summed E-state index contributed by atoms with van der Waals surface area (Å²) in [4.78, 5) is 14.0. The van der Waals surface area contributed by atoms with Crippen LogP contribution in [0.1, 0.15) is 29.4 Å². The first-order valence-electron chi connectivity index (χ1n) is 6.16. The normalized spacial score (nSPS) is 20.0. The molecular formula is C13H15N3O2. The Balaban J connectivity index is 1.73. The predicted octanol–water partition coefficient (Wildman–Crippen LogP) is 1.95. The second kappa shape index (κ2) is 4.68. The van der Waals surface area contributed by atoms with Crippen molar-refractivity contribution in [3.63, 3.8) is 0 Å². The molecule has 94 valence electrons. The molecule has 0 radical (unpaired) electrons. The van der Waals surface area contributed by atoms with Crippen LogP contribution < -0.4 is 0 Å². The quantitative estimate of drug-likeness (QED) is 0.812. The highest BCUT2D eigenvalue weighted by Crippen LogP contribution is 2.22. The fourth-order valence-corrected chi connectivity index (χ4v) is 2.41. The molecule has 1 saturated heterocycles. The number of amides is 1. The summed E-state index contributed by atoms with van der Waals surface area (Å²) in [5.41, 5.74) is 0. The van der Waals surface area contributed by atoms with Gasteiger partial charge in [0.15, 0.2) is 5.76 Å². The van der Waals surface area contributed by atoms with Crippen molar-refractivity contribution in [3.05, 3.63) is 42.6 Å². The van der Waals surface area contributed by atoms with Crippen LogP contribution in [0.2, 0.25) is 0 Å². The average Bonchev–Trinajstić information content (AvgIpc) is 3.11. The van der Waals surface area contributed by atoms with Crippen LogP contribution in [0.15, 0.2) is 41.3 Å². The van der Waals surface area contributed by atoms with Crippen LogP contribution >= 0.6 is 0 Å². The number of rotatable bonds is 2. The van der Waals surface area contributed by atoms with Crippen LogP contribution in [0.3, 0.4) is 0 Å². The van der Waals surface area contributed by atoms with Gasteiger partial charge in [-0.15, -0.1) is 0 Å². The first-order valence-corrected chi connectivity index (χ1v) is 6.16. The van der Waals surface area contributed by atoms with Gasteiger partial charge in [0, 0.05) is 25.5 Å². The molecule has 5 nitrogen and oxygen atoms in total. The zero-order chi connectivity index (χ0) is 12.4. The summed E-state index contributed by atoms with van der Waals surface area (Å²) >= 11 is 0. The Labute approximate surface area is 105 Å². The van der Waals surface area contributed by atoms with Crippen LogP contribution in [-0.4, -0.2) is 33.7 Å². The molecule has 3 rings (SSSR count). The van der Waals surface area contributed by atoms with Crippen molar-refractivity contribution in [2.24, 2.45) is 0 Å². The monoisotopic (exact) mass is 245 g/mol. The molecule has 0 aliphatic carbocycles. The van der Waals surface area contributed by atoms with Gasteiger partial charge in [-0.25, -0.2) is 0 Å². The van der Waals surface area contributed by atoms with Crippen LogP contribution in [0, 0.1) is 0 Å². The minimum absolute atomic E-state index is 0.0307. The molecule has 18 heavy (non-hydrogen) atoms. The lowest BCUT2D eigenvalue weighted by Gasteiger charge is -2.32. The first-order chi connectivity index (χ1) is 8.84. The largest absolute Gasteiger partial charge is 0.459 e. The number of piperidine rings is 1. The molecule has 2 aromatic heterocycles. The third-order valence-corrected chi connectivity index (χ3v) is 3.31. The highest BCUT2D eigenvalue weighted by Gasteiger charge is 2.26. The maximum absolute atomic E-state index is 12.2. The van der Waals surface area contributed by atoms with Gasteiger partial charge in [0.05, 0.1) is 12.3 Å². The summed E-state index contributed by atoms with van der Waals surface area (Å²) in [6, 6.07) is 5.63. The second-order valence-corrected chi connectivity index (χ2v) is 4.51. The van der Waals surface area contributed by atoms with Crippen molar-refractivity contribution in [1.82, 2.24) is 14.7 Å². The van der Waals surface area contributed by atoms with Gasteiger partial charge in [-0.1, -0.05) is 0 Å². The number of likely N-dealkylation sites (tertiary alicyclic amines) is 1. The molecule has 0 N–H and O–H groups in total. The molecule has 2 aromatic rings. The summed E-state index contributed by atoms with van der Waals surface area (Å²) < 4.78 is 7.09. The summed E-state index contributed by atoms with van der Waals surface area (Å²) in [7, 11) is 0. The van der Waals surface area contributed by atoms with Crippen molar-refractivity contribution in [1.29, 1.82) is 0 Å². The zero-order valence-electron chi connectivity index (χ0n) is 10.0. The first kappa shape index (κ1) is 11.1. The summed E-state index contributed by atoms with van der Waals surface area (Å²) in [6.45, 7) is 1.48. The molecule has 0 aromatic carbocycles. The number of carbonyl (C=O) groups is 1. The van der Waals surface area contributed by atoms with Crippen LogP contribution in [-0.2, 0) is 0 Å². The van der Waals surface area contributed by atoms with Gasteiger partial charge >= 0.3 is 0 Å². The summed E-state index contributed by atoms with van der Waals surface area (Å²) in [6.07, 6.45) is 7.31. The Morgan fingerprint density at radius 2 is 2.39 bits per heavy atom. The fraction of sp³-hybridized carbons (Fsp3) is 0.385. The Kier molecular flexibility index (Phi) is 2.88. The molecule has 0 bridgehead atoms. The Morgan fingerprint density at radius 1 is 1.44 bits per heavy atom. The topological polar surface area (TPSA) is 51.3 Å². The third kappa shape index (κ3) is 2.03. The van der Waals surface area contributed by atoms with Crippen LogP contribution in [0.4, 0.5) is 0 Å². The Hall–Kier alpha value is -2.04. The van der Waals surface area contributed by atoms with Gasteiger partial charge in [-0.3, -0.25) is 9.48 Å². The van der Waals surface area contributed by atoms with E-state index in [-0.39, 0.29) is 11.9 Å². The molecule has 1 atom stereocenters. The van der Waals surface area contributed by atoms with Crippen molar-refractivity contribution in [2.45, 2.75) is 18.9 Å². The highest BCUT2D eigenvalue weighted by atomic mass is 16.3. The summed E-state index contributed by atoms with van der Waals surface area (Å²) in [5, 5.41) is 4.25. The third-order valence-electron chi connectivity index (χ3n) is 3.31. The van der Waals surface area contributed by atoms with Gasteiger partial charge in [0.25, 0.3) is 5.91 Å². The van der Waals surface area contributed by atoms with Crippen LogP contribution in [0.25, 0.3) is 0 Å². The second-order valence-electron chi connectivity index (χ2n) is 4.51. The van der Waals surface area contributed by atoms with E-state index in [0.717, 1.165) is 19.4 Å². The maximum atomic E-state index is 12.2. The maximum Gasteiger partial charge on any atom is 0.289 e. The molecule has 1 fully saturated rings. The lowest BCUT2D eigenvalue weighted by Crippen LogP contribution is -2.40. The number of aromatic nitrogens is 2. The molecule has 1 aliphatic heterocycles. The standard InChI is InChI=1S/C13H15N3O2/c17-13(12-5-2-9-18-12)15-7-1-4-11(10-15)16-8-3-6-14-16/h2-3,5-6,8-9,11H,1,4,7,10H2. The SMILES string of the molecule is O=C(c1ccco1)N1CCCC(n2cccn2)C1. The van der Waals surface area contributed by atoms with Gasteiger partial charge in [0.2, 0.25) is 0 Å². The molecule has 3 heterocycles. The van der Waals surface area contributed by atoms with E-state index in [1.807, 2.05) is 21.8 Å². The Morgan fingerprint density at radius 3 is 3.11 bits per heavy atom. The molecule has 0 spiro atoms. The summed E-state index contributed by atoms with van der Waals surface area (Å²) in [5.74, 6) is 0.382. The molecular weight excluding hydrogens is 230 g/mol. The Bertz CT molecular complexity index is 504. The van der Waals surface area contributed by atoms with E-state index in [4.69, 9.17) is 4.42 Å². The number of hydrogen-bond donors (Lipinski definition) is 0. The van der Waals surface area contributed by atoms with E-state index in [1.165, 1.54) is 6.26 Å². The van der Waals surface area contributed by atoms with Gasteiger partial charge in [-0.05, 0) is 31.0 Å². The van der Waals surface area contributed by atoms with Crippen molar-refractivity contribution in [3.8, 4) is 0 Å². The van der Waals surface area contributed by atoms with Gasteiger partial charge in [0.1, 0.15) is 0 Å². The smallest absolute Gasteiger partial charge is 0.289 e. The van der Waals surface area contributed by atoms with E-state index < -0.39 is 0 Å². The van der Waals surface area contributed by atoms with Crippen LogP contribution in [0.5, 0.6) is 0 Å². The number of carbonyl (C=O) groups excluding carboxylic acids is 1. The van der Waals surface area contributed by atoms with E-state index in [9.17, 15) is 4.79 Å². The van der Waals surface area contributed by atoms with Gasteiger partial charge in [-0.2, -0.15) is 5.10 Å². The lowest BCUT2D eigenvalue weighted by molar-refractivity contribution is 0.0641. The molecule has 1 unspecified atom stereocenters. The molecule has 1 aliphatic rings. The van der Waals surface area contributed by atoms with Crippen molar-refractivity contribution in [2.75, 3.05) is 13.1 Å². The number of hydrogen-bond acceptors (Lipinski definition) is 3. The highest BCUT2D eigenvalue weighted by molar-refractivity contribution is 5.91.